The Morgan fingerprint density at radius 2 is 1.71 bits per heavy atom. The average molecular weight is 504 g/mol. The van der Waals surface area contributed by atoms with Gasteiger partial charge in [-0.2, -0.15) is 5.26 Å². The van der Waals surface area contributed by atoms with Gasteiger partial charge in [0.1, 0.15) is 17.7 Å². The summed E-state index contributed by atoms with van der Waals surface area (Å²) < 4.78 is 0. The van der Waals surface area contributed by atoms with Gasteiger partial charge in [0.15, 0.2) is 0 Å². The lowest BCUT2D eigenvalue weighted by atomic mass is 9.90. The lowest BCUT2D eigenvalue weighted by molar-refractivity contribution is 0.240. The van der Waals surface area contributed by atoms with Gasteiger partial charge in [-0.25, -0.2) is 14.8 Å². The third-order valence-electron chi connectivity index (χ3n) is 6.80. The normalized spacial score (nSPS) is 16.7. The number of urea groups is 1. The highest BCUT2D eigenvalue weighted by Crippen LogP contribution is 2.29. The summed E-state index contributed by atoms with van der Waals surface area (Å²) in [6, 6.07) is 23.5. The molecule has 4 aromatic rings. The van der Waals surface area contributed by atoms with Gasteiger partial charge in [-0.05, 0) is 61.6 Å². The van der Waals surface area contributed by atoms with Crippen LogP contribution in [0.5, 0.6) is 0 Å². The molecule has 5 rings (SSSR count). The third-order valence-corrected chi connectivity index (χ3v) is 6.80. The second kappa shape index (κ2) is 12.0. The Morgan fingerprint density at radius 1 is 0.895 bits per heavy atom. The molecule has 8 nitrogen and oxygen atoms in total. The Kier molecular flexibility index (Phi) is 7.85. The van der Waals surface area contributed by atoms with Crippen LogP contribution in [0, 0.1) is 11.3 Å². The zero-order valence-electron chi connectivity index (χ0n) is 21.0. The zero-order chi connectivity index (χ0) is 26.2. The lowest BCUT2D eigenvalue weighted by Crippen LogP contribution is -2.49. The quantitative estimate of drug-likeness (QED) is 0.342. The number of carbonyl (C=O) groups is 1. The summed E-state index contributed by atoms with van der Waals surface area (Å²) in [6.45, 7) is 0.450. The predicted octanol–water partition coefficient (Wildman–Crippen LogP) is 5.55. The van der Waals surface area contributed by atoms with Crippen LogP contribution in [0.4, 0.5) is 16.4 Å². The van der Waals surface area contributed by atoms with Crippen molar-refractivity contribution in [2.24, 2.45) is 0 Å². The maximum atomic E-state index is 13.5. The van der Waals surface area contributed by atoms with Crippen molar-refractivity contribution >= 4 is 17.7 Å². The fourth-order valence-corrected chi connectivity index (χ4v) is 4.78. The standard InChI is InChI=1S/C30H29N7O/c31-17-23-8-14-28(33-19-23)36-26-10-12-27(13-11-26)37(30(38)35-18-22-5-2-1-3-6-22)29-15-9-25(21-34-29)24-7-4-16-32-20-24/h1-9,14-16,19-21,26-27H,10-13,18H2,(H,33,36)(H,35,38). The molecule has 1 fully saturated rings. The van der Waals surface area contributed by atoms with E-state index >= 15 is 0 Å². The summed E-state index contributed by atoms with van der Waals surface area (Å²) >= 11 is 0. The van der Waals surface area contributed by atoms with Crippen molar-refractivity contribution in [2.45, 2.75) is 44.3 Å². The van der Waals surface area contributed by atoms with E-state index in [0.29, 0.717) is 17.9 Å². The van der Waals surface area contributed by atoms with Crippen molar-refractivity contribution in [3.63, 3.8) is 0 Å². The van der Waals surface area contributed by atoms with Crippen LogP contribution in [0.1, 0.15) is 36.8 Å². The number of benzene rings is 1. The number of nitrogens with zero attached hydrogens (tertiary/aromatic N) is 5. The molecule has 0 atom stereocenters. The molecule has 38 heavy (non-hydrogen) atoms. The molecule has 3 aromatic heterocycles. The van der Waals surface area contributed by atoms with Gasteiger partial charge < -0.3 is 10.6 Å². The molecule has 8 heteroatoms. The van der Waals surface area contributed by atoms with Gasteiger partial charge in [-0.1, -0.05) is 36.4 Å². The Labute approximate surface area is 222 Å². The summed E-state index contributed by atoms with van der Waals surface area (Å²) in [5.41, 5.74) is 3.52. The third kappa shape index (κ3) is 6.13. The Balaban J connectivity index is 1.29. The van der Waals surface area contributed by atoms with Crippen molar-refractivity contribution in [1.29, 1.82) is 5.26 Å². The summed E-state index contributed by atoms with van der Waals surface area (Å²) in [4.78, 5) is 28.6. The van der Waals surface area contributed by atoms with Crippen LogP contribution in [0.25, 0.3) is 11.1 Å². The van der Waals surface area contributed by atoms with E-state index < -0.39 is 0 Å². The molecule has 190 valence electrons. The van der Waals surface area contributed by atoms with Crippen molar-refractivity contribution in [2.75, 3.05) is 10.2 Å². The SMILES string of the molecule is N#Cc1ccc(NC2CCC(N(C(=O)NCc3ccccc3)c3ccc(-c4cccnc4)cn3)CC2)nc1. The second-order valence-electron chi connectivity index (χ2n) is 9.35. The number of hydrogen-bond donors (Lipinski definition) is 2. The number of hydrogen-bond acceptors (Lipinski definition) is 6. The monoisotopic (exact) mass is 503 g/mol. The van der Waals surface area contributed by atoms with Gasteiger partial charge in [-0.15, -0.1) is 0 Å². The number of pyridine rings is 3. The van der Waals surface area contributed by atoms with E-state index in [1.54, 1.807) is 30.9 Å². The van der Waals surface area contributed by atoms with Crippen molar-refractivity contribution in [3.05, 3.63) is 103 Å². The number of aromatic nitrogens is 3. The van der Waals surface area contributed by atoms with E-state index in [2.05, 4.69) is 26.7 Å². The molecule has 2 amide bonds. The minimum atomic E-state index is -0.152. The summed E-state index contributed by atoms with van der Waals surface area (Å²) in [5, 5.41) is 15.6. The smallest absolute Gasteiger partial charge is 0.323 e. The van der Waals surface area contributed by atoms with Crippen molar-refractivity contribution in [1.82, 2.24) is 20.3 Å². The van der Waals surface area contributed by atoms with Crippen LogP contribution in [0.3, 0.4) is 0 Å². The molecule has 3 heterocycles. The summed E-state index contributed by atoms with van der Waals surface area (Å²) in [5.74, 6) is 1.39. The van der Waals surface area contributed by atoms with Gasteiger partial charge in [0.25, 0.3) is 0 Å². The number of nitrogens with one attached hydrogen (secondary N) is 2. The van der Waals surface area contributed by atoms with Crippen molar-refractivity contribution < 1.29 is 4.79 Å². The van der Waals surface area contributed by atoms with Gasteiger partial charge in [-0.3, -0.25) is 9.88 Å². The van der Waals surface area contributed by atoms with Gasteiger partial charge in [0, 0.05) is 54.5 Å². The fourth-order valence-electron chi connectivity index (χ4n) is 4.78. The Bertz CT molecular complexity index is 1360. The number of amides is 2. The van der Waals surface area contributed by atoms with Crippen LogP contribution < -0.4 is 15.5 Å². The molecule has 0 bridgehead atoms. The molecule has 0 unspecified atom stereocenters. The molecule has 0 radical (unpaired) electrons. The number of carbonyl (C=O) groups excluding carboxylic acids is 1. The van der Waals surface area contributed by atoms with Crippen molar-refractivity contribution in [3.8, 4) is 17.2 Å². The average Bonchev–Trinajstić information content (AvgIpc) is 2.99. The maximum absolute atomic E-state index is 13.5. The minimum absolute atomic E-state index is 0.0227. The van der Waals surface area contributed by atoms with Gasteiger partial charge in [0.05, 0.1) is 5.56 Å². The molecule has 1 saturated carbocycles. The van der Waals surface area contributed by atoms with Crippen LogP contribution >= 0.6 is 0 Å². The van der Waals surface area contributed by atoms with E-state index in [1.807, 2.05) is 65.6 Å². The minimum Gasteiger partial charge on any atom is -0.367 e. The van der Waals surface area contributed by atoms with Gasteiger partial charge >= 0.3 is 6.03 Å². The Morgan fingerprint density at radius 3 is 2.37 bits per heavy atom. The van der Waals surface area contributed by atoms with Crippen LogP contribution in [0.2, 0.25) is 0 Å². The molecule has 2 N–H and O–H groups in total. The van der Waals surface area contributed by atoms with E-state index in [9.17, 15) is 4.79 Å². The lowest BCUT2D eigenvalue weighted by Gasteiger charge is -2.36. The summed E-state index contributed by atoms with van der Waals surface area (Å²) in [7, 11) is 0. The molecule has 1 aliphatic rings. The fraction of sp³-hybridized carbons (Fsp3) is 0.233. The maximum Gasteiger partial charge on any atom is 0.323 e. The second-order valence-corrected chi connectivity index (χ2v) is 9.35. The van der Waals surface area contributed by atoms with Gasteiger partial charge in [0.2, 0.25) is 0 Å². The first kappa shape index (κ1) is 24.9. The molecular formula is C30H29N7O. The largest absolute Gasteiger partial charge is 0.367 e. The van der Waals surface area contributed by atoms with E-state index in [4.69, 9.17) is 10.2 Å². The molecule has 0 spiro atoms. The zero-order valence-corrected chi connectivity index (χ0v) is 21.0. The Hall–Kier alpha value is -4.77. The highest BCUT2D eigenvalue weighted by molar-refractivity contribution is 5.91. The number of nitriles is 1. The van der Waals surface area contributed by atoms with E-state index in [0.717, 1.165) is 48.2 Å². The molecule has 0 saturated heterocycles. The first-order valence-electron chi connectivity index (χ1n) is 12.8. The van der Waals surface area contributed by atoms with E-state index in [-0.39, 0.29) is 18.1 Å². The molecular weight excluding hydrogens is 474 g/mol. The first-order chi connectivity index (χ1) is 18.7. The highest BCUT2D eigenvalue weighted by Gasteiger charge is 2.31. The van der Waals surface area contributed by atoms with Crippen LogP contribution in [0.15, 0.2) is 91.5 Å². The molecule has 0 aliphatic heterocycles. The van der Waals surface area contributed by atoms with E-state index in [1.165, 1.54) is 0 Å². The number of anilines is 2. The number of rotatable bonds is 7. The summed E-state index contributed by atoms with van der Waals surface area (Å²) in [6.07, 6.45) is 10.4. The van der Waals surface area contributed by atoms with Crippen LogP contribution in [-0.2, 0) is 6.54 Å². The first-order valence-corrected chi connectivity index (χ1v) is 12.8. The molecule has 1 aliphatic carbocycles. The topological polar surface area (TPSA) is 107 Å². The molecule has 1 aromatic carbocycles. The van der Waals surface area contributed by atoms with Crippen LogP contribution in [-0.4, -0.2) is 33.1 Å². The highest BCUT2D eigenvalue weighted by atomic mass is 16.2. The predicted molar refractivity (Wildman–Crippen MR) is 147 cm³/mol.